The van der Waals surface area contributed by atoms with E-state index >= 15 is 0 Å². The van der Waals surface area contributed by atoms with Crippen molar-refractivity contribution >= 4 is 11.8 Å². The van der Waals surface area contributed by atoms with Gasteiger partial charge in [0, 0.05) is 13.1 Å². The third-order valence-electron chi connectivity index (χ3n) is 3.66. The van der Waals surface area contributed by atoms with Crippen LogP contribution in [0.15, 0.2) is 48.5 Å². The minimum absolute atomic E-state index is 0.345. The first-order valence-corrected chi connectivity index (χ1v) is 7.78. The minimum atomic E-state index is -0.615. The van der Waals surface area contributed by atoms with Crippen molar-refractivity contribution in [2.45, 2.75) is 33.4 Å². The van der Waals surface area contributed by atoms with Gasteiger partial charge in [0.1, 0.15) is 0 Å². The Morgan fingerprint density at radius 2 is 1.13 bits per heavy atom. The number of amides is 2. The average molecular weight is 310 g/mol. The Labute approximate surface area is 136 Å². The van der Waals surface area contributed by atoms with Crippen LogP contribution in [0.2, 0.25) is 0 Å². The highest BCUT2D eigenvalue weighted by Gasteiger charge is 2.12. The summed E-state index contributed by atoms with van der Waals surface area (Å²) in [6.45, 7) is 4.79. The first-order chi connectivity index (χ1) is 11.1. The molecule has 2 N–H and O–H groups in total. The highest BCUT2D eigenvalue weighted by molar-refractivity contribution is 6.35. The van der Waals surface area contributed by atoms with Crippen LogP contribution in [-0.4, -0.2) is 11.8 Å². The molecular formula is C19H22N2O2. The summed E-state index contributed by atoms with van der Waals surface area (Å²) in [5, 5.41) is 5.25. The van der Waals surface area contributed by atoms with Crippen molar-refractivity contribution in [1.82, 2.24) is 10.6 Å². The summed E-state index contributed by atoms with van der Waals surface area (Å²) in [7, 11) is 0. The molecule has 0 saturated carbocycles. The van der Waals surface area contributed by atoms with Crippen molar-refractivity contribution in [1.29, 1.82) is 0 Å². The second-order valence-corrected chi connectivity index (χ2v) is 5.52. The van der Waals surface area contributed by atoms with Crippen molar-refractivity contribution in [3.8, 4) is 0 Å². The molecule has 2 amide bonds. The molecule has 0 heterocycles. The van der Waals surface area contributed by atoms with Crippen molar-refractivity contribution in [2.75, 3.05) is 0 Å². The maximum Gasteiger partial charge on any atom is 0.309 e. The molecule has 0 aliphatic carbocycles. The maximum absolute atomic E-state index is 11.8. The molecule has 0 fully saturated rings. The number of aryl methyl sites for hydroxylation is 2. The molecular weight excluding hydrogens is 288 g/mol. The smallest absolute Gasteiger partial charge is 0.309 e. The quantitative estimate of drug-likeness (QED) is 0.834. The molecule has 0 spiro atoms. The lowest BCUT2D eigenvalue weighted by atomic mass is 10.1. The standard InChI is InChI=1S/C19H22N2O2/c1-3-15-8-10-17(11-9-15)13-21-19(23)18(22)20-12-16-6-4-14(2)5-7-16/h4-11H,3,12-13H2,1-2H3,(H,20,22)(H,21,23). The van der Waals surface area contributed by atoms with Crippen LogP contribution in [0.1, 0.15) is 29.2 Å². The summed E-state index contributed by atoms with van der Waals surface area (Å²) in [5.41, 5.74) is 4.34. The molecule has 0 aliphatic heterocycles. The van der Waals surface area contributed by atoms with E-state index in [0.717, 1.165) is 23.1 Å². The summed E-state index contributed by atoms with van der Waals surface area (Å²) < 4.78 is 0. The average Bonchev–Trinajstić information content (AvgIpc) is 2.59. The second-order valence-electron chi connectivity index (χ2n) is 5.52. The van der Waals surface area contributed by atoms with Gasteiger partial charge >= 0.3 is 11.8 Å². The molecule has 23 heavy (non-hydrogen) atoms. The SMILES string of the molecule is CCc1ccc(CNC(=O)C(=O)NCc2ccc(C)cc2)cc1. The topological polar surface area (TPSA) is 58.2 Å². The van der Waals surface area contributed by atoms with Crippen LogP contribution < -0.4 is 10.6 Å². The van der Waals surface area contributed by atoms with Crippen LogP contribution >= 0.6 is 0 Å². The first-order valence-electron chi connectivity index (χ1n) is 7.78. The van der Waals surface area contributed by atoms with E-state index in [1.165, 1.54) is 5.56 Å². The van der Waals surface area contributed by atoms with Crippen LogP contribution in [0.5, 0.6) is 0 Å². The van der Waals surface area contributed by atoms with E-state index in [4.69, 9.17) is 0 Å². The first kappa shape index (κ1) is 16.7. The molecule has 0 aliphatic rings. The van der Waals surface area contributed by atoms with Gasteiger partial charge in [-0.2, -0.15) is 0 Å². The van der Waals surface area contributed by atoms with Gasteiger partial charge in [-0.05, 0) is 30.0 Å². The molecule has 0 saturated heterocycles. The van der Waals surface area contributed by atoms with Gasteiger partial charge in [0.05, 0.1) is 0 Å². The number of carbonyl (C=O) groups is 2. The Morgan fingerprint density at radius 3 is 1.57 bits per heavy atom. The number of carbonyl (C=O) groups excluding carboxylic acids is 2. The normalized spacial score (nSPS) is 10.2. The number of rotatable bonds is 5. The van der Waals surface area contributed by atoms with E-state index < -0.39 is 11.8 Å². The van der Waals surface area contributed by atoms with Gasteiger partial charge in [-0.15, -0.1) is 0 Å². The van der Waals surface area contributed by atoms with Gasteiger partial charge in [-0.25, -0.2) is 0 Å². The Morgan fingerprint density at radius 1 is 0.739 bits per heavy atom. The summed E-state index contributed by atoms with van der Waals surface area (Å²) in [5.74, 6) is -1.23. The lowest BCUT2D eigenvalue weighted by Crippen LogP contribution is -2.39. The minimum Gasteiger partial charge on any atom is -0.344 e. The zero-order chi connectivity index (χ0) is 16.7. The summed E-state index contributed by atoms with van der Waals surface area (Å²) >= 11 is 0. The van der Waals surface area contributed by atoms with Crippen molar-refractivity contribution in [3.63, 3.8) is 0 Å². The van der Waals surface area contributed by atoms with Crippen molar-refractivity contribution in [2.24, 2.45) is 0 Å². The molecule has 2 aromatic rings. The molecule has 2 aromatic carbocycles. The summed E-state index contributed by atoms with van der Waals surface area (Å²) in [6, 6.07) is 15.8. The lowest BCUT2D eigenvalue weighted by molar-refractivity contribution is -0.139. The molecule has 2 rings (SSSR count). The molecule has 0 atom stereocenters. The van der Waals surface area contributed by atoms with Gasteiger partial charge in [-0.1, -0.05) is 61.0 Å². The predicted molar refractivity (Wildman–Crippen MR) is 90.7 cm³/mol. The van der Waals surface area contributed by atoms with Crippen LogP contribution in [0.3, 0.4) is 0 Å². The van der Waals surface area contributed by atoms with Crippen molar-refractivity contribution in [3.05, 3.63) is 70.8 Å². The zero-order valence-electron chi connectivity index (χ0n) is 13.6. The van der Waals surface area contributed by atoms with Crippen LogP contribution in [0.25, 0.3) is 0 Å². The summed E-state index contributed by atoms with van der Waals surface area (Å²) in [4.78, 5) is 23.6. The number of hydrogen-bond donors (Lipinski definition) is 2. The molecule has 4 heteroatoms. The van der Waals surface area contributed by atoms with Crippen LogP contribution in [0, 0.1) is 6.92 Å². The Balaban J connectivity index is 1.77. The molecule has 0 bridgehead atoms. The largest absolute Gasteiger partial charge is 0.344 e. The van der Waals surface area contributed by atoms with E-state index in [9.17, 15) is 9.59 Å². The maximum atomic E-state index is 11.8. The van der Waals surface area contributed by atoms with Gasteiger partial charge < -0.3 is 10.6 Å². The Kier molecular flexibility index (Phi) is 5.92. The molecule has 0 radical (unpaired) electrons. The predicted octanol–water partition coefficient (Wildman–Crippen LogP) is 2.49. The highest BCUT2D eigenvalue weighted by atomic mass is 16.2. The monoisotopic (exact) mass is 310 g/mol. The van der Waals surface area contributed by atoms with E-state index in [0.29, 0.717) is 13.1 Å². The fourth-order valence-electron chi connectivity index (χ4n) is 2.12. The Bertz CT molecular complexity index is 661. The van der Waals surface area contributed by atoms with E-state index in [2.05, 4.69) is 17.6 Å². The fraction of sp³-hybridized carbons (Fsp3) is 0.263. The zero-order valence-corrected chi connectivity index (χ0v) is 13.6. The lowest BCUT2D eigenvalue weighted by Gasteiger charge is -2.07. The second kappa shape index (κ2) is 8.13. The van der Waals surface area contributed by atoms with Gasteiger partial charge in [0.15, 0.2) is 0 Å². The molecule has 0 unspecified atom stereocenters. The van der Waals surface area contributed by atoms with E-state index in [1.54, 1.807) is 0 Å². The van der Waals surface area contributed by atoms with E-state index in [-0.39, 0.29) is 0 Å². The molecule has 120 valence electrons. The Hall–Kier alpha value is -2.62. The molecule has 0 aromatic heterocycles. The number of hydrogen-bond acceptors (Lipinski definition) is 2. The molecule has 4 nitrogen and oxygen atoms in total. The summed E-state index contributed by atoms with van der Waals surface area (Å²) in [6.07, 6.45) is 0.980. The van der Waals surface area contributed by atoms with E-state index in [1.807, 2.05) is 55.5 Å². The fourth-order valence-corrected chi connectivity index (χ4v) is 2.12. The van der Waals surface area contributed by atoms with Crippen LogP contribution in [-0.2, 0) is 29.1 Å². The highest BCUT2D eigenvalue weighted by Crippen LogP contribution is 2.05. The number of nitrogens with one attached hydrogen (secondary N) is 2. The third kappa shape index (κ3) is 5.25. The van der Waals surface area contributed by atoms with Gasteiger partial charge in [-0.3, -0.25) is 9.59 Å². The van der Waals surface area contributed by atoms with Gasteiger partial charge in [0.25, 0.3) is 0 Å². The van der Waals surface area contributed by atoms with Gasteiger partial charge in [0.2, 0.25) is 0 Å². The third-order valence-corrected chi connectivity index (χ3v) is 3.66. The number of benzene rings is 2. The van der Waals surface area contributed by atoms with Crippen molar-refractivity contribution < 1.29 is 9.59 Å². The van der Waals surface area contributed by atoms with Crippen LogP contribution in [0.4, 0.5) is 0 Å².